The van der Waals surface area contributed by atoms with Gasteiger partial charge in [0.1, 0.15) is 5.76 Å². The third kappa shape index (κ3) is 2.95. The van der Waals surface area contributed by atoms with Crippen molar-refractivity contribution in [3.8, 4) is 11.1 Å². The van der Waals surface area contributed by atoms with Crippen molar-refractivity contribution in [1.82, 2.24) is 5.32 Å². The number of nitrogens with one attached hydrogen (secondary N) is 1. The smallest absolute Gasteiger partial charge is 0.256 e. The number of aryl methyl sites for hydroxylation is 3. The van der Waals surface area contributed by atoms with E-state index in [0.717, 1.165) is 53.5 Å². The normalized spacial score (nSPS) is 18.9. The number of aliphatic hydroxyl groups excluding tert-OH is 1. The SMILES string of the molecule is Cc1ccc(-c2cc(C)c(C3=C(O)C4(CCCCC4)NC3=O)c(C)c2)cc1. The van der Waals surface area contributed by atoms with Crippen molar-refractivity contribution >= 4 is 11.5 Å². The van der Waals surface area contributed by atoms with E-state index in [1.54, 1.807) is 0 Å². The van der Waals surface area contributed by atoms with E-state index in [4.69, 9.17) is 0 Å². The van der Waals surface area contributed by atoms with Gasteiger partial charge in [-0.15, -0.1) is 0 Å². The van der Waals surface area contributed by atoms with Crippen LogP contribution >= 0.6 is 0 Å². The average molecular weight is 361 g/mol. The topological polar surface area (TPSA) is 49.3 Å². The second-order valence-electron chi connectivity index (χ2n) is 8.17. The van der Waals surface area contributed by atoms with Crippen molar-refractivity contribution in [2.45, 2.75) is 58.4 Å². The van der Waals surface area contributed by atoms with Gasteiger partial charge in [-0.25, -0.2) is 0 Å². The molecule has 0 atom stereocenters. The first kappa shape index (κ1) is 17.8. The van der Waals surface area contributed by atoms with Gasteiger partial charge < -0.3 is 10.4 Å². The van der Waals surface area contributed by atoms with Crippen LogP contribution in [0.1, 0.15) is 54.4 Å². The molecule has 0 unspecified atom stereocenters. The van der Waals surface area contributed by atoms with E-state index in [-0.39, 0.29) is 11.7 Å². The van der Waals surface area contributed by atoms with Gasteiger partial charge >= 0.3 is 0 Å². The molecule has 3 nitrogen and oxygen atoms in total. The van der Waals surface area contributed by atoms with E-state index in [1.807, 2.05) is 13.8 Å². The molecule has 1 aliphatic carbocycles. The summed E-state index contributed by atoms with van der Waals surface area (Å²) in [6.45, 7) is 6.14. The molecule has 1 saturated carbocycles. The van der Waals surface area contributed by atoms with Gasteiger partial charge in [0.2, 0.25) is 0 Å². The zero-order chi connectivity index (χ0) is 19.2. The highest BCUT2D eigenvalue weighted by Crippen LogP contribution is 2.43. The summed E-state index contributed by atoms with van der Waals surface area (Å²) >= 11 is 0. The fraction of sp³-hybridized carbons (Fsp3) is 0.375. The van der Waals surface area contributed by atoms with Crippen LogP contribution in [-0.4, -0.2) is 16.6 Å². The van der Waals surface area contributed by atoms with Gasteiger partial charge in [0.05, 0.1) is 11.1 Å². The van der Waals surface area contributed by atoms with Crippen LogP contribution in [0, 0.1) is 20.8 Å². The van der Waals surface area contributed by atoms with Crippen molar-refractivity contribution in [2.24, 2.45) is 0 Å². The largest absolute Gasteiger partial charge is 0.509 e. The summed E-state index contributed by atoms with van der Waals surface area (Å²) in [4.78, 5) is 12.8. The van der Waals surface area contributed by atoms with Crippen LogP contribution in [0.2, 0.25) is 0 Å². The summed E-state index contributed by atoms with van der Waals surface area (Å²) in [6, 6.07) is 12.7. The Hall–Kier alpha value is -2.55. The minimum Gasteiger partial charge on any atom is -0.509 e. The molecule has 140 valence electrons. The van der Waals surface area contributed by atoms with E-state index in [2.05, 4.69) is 48.6 Å². The average Bonchev–Trinajstić information content (AvgIpc) is 2.86. The molecule has 2 aliphatic rings. The quantitative estimate of drug-likeness (QED) is 0.754. The van der Waals surface area contributed by atoms with Crippen molar-refractivity contribution in [1.29, 1.82) is 0 Å². The Kier molecular flexibility index (Phi) is 4.33. The molecule has 3 heteroatoms. The minimum atomic E-state index is -0.542. The van der Waals surface area contributed by atoms with Gasteiger partial charge in [0.15, 0.2) is 0 Å². The Balaban J connectivity index is 1.80. The standard InChI is InChI=1S/C24H27NO2/c1-15-7-9-18(10-8-15)19-13-16(2)20(17(3)14-19)21-22(26)24(25-23(21)27)11-5-4-6-12-24/h7-10,13-14,26H,4-6,11-12H2,1-3H3,(H,25,27). The highest BCUT2D eigenvalue weighted by molar-refractivity contribution is 6.24. The molecule has 2 aromatic carbocycles. The van der Waals surface area contributed by atoms with Crippen LogP contribution in [0.5, 0.6) is 0 Å². The molecule has 0 radical (unpaired) electrons. The van der Waals surface area contributed by atoms with Crippen molar-refractivity contribution in [3.05, 3.63) is 64.4 Å². The van der Waals surface area contributed by atoms with Gasteiger partial charge in [-0.3, -0.25) is 4.79 Å². The molecular weight excluding hydrogens is 334 g/mol. The number of rotatable bonds is 2. The Morgan fingerprint density at radius 2 is 1.48 bits per heavy atom. The lowest BCUT2D eigenvalue weighted by Crippen LogP contribution is -2.46. The van der Waals surface area contributed by atoms with Crippen molar-refractivity contribution < 1.29 is 9.90 Å². The predicted octanol–water partition coefficient (Wildman–Crippen LogP) is 5.38. The van der Waals surface area contributed by atoms with Crippen LogP contribution < -0.4 is 5.32 Å². The van der Waals surface area contributed by atoms with E-state index >= 15 is 0 Å². The van der Waals surface area contributed by atoms with E-state index in [9.17, 15) is 9.90 Å². The van der Waals surface area contributed by atoms with Crippen molar-refractivity contribution in [3.63, 3.8) is 0 Å². The number of hydrogen-bond donors (Lipinski definition) is 2. The van der Waals surface area contributed by atoms with Gasteiger partial charge in [-0.05, 0) is 61.4 Å². The summed E-state index contributed by atoms with van der Waals surface area (Å²) in [5.74, 6) is 0.116. The summed E-state index contributed by atoms with van der Waals surface area (Å²) in [6.07, 6.45) is 4.91. The molecule has 27 heavy (non-hydrogen) atoms. The number of benzene rings is 2. The molecule has 0 bridgehead atoms. The van der Waals surface area contributed by atoms with Crippen LogP contribution in [0.15, 0.2) is 42.2 Å². The molecular formula is C24H27NO2. The van der Waals surface area contributed by atoms with Gasteiger partial charge in [-0.1, -0.05) is 61.2 Å². The van der Waals surface area contributed by atoms with Gasteiger partial charge in [-0.2, -0.15) is 0 Å². The summed E-state index contributed by atoms with van der Waals surface area (Å²) in [5.41, 5.74) is 6.39. The lowest BCUT2D eigenvalue weighted by Gasteiger charge is -2.33. The molecule has 0 saturated heterocycles. The third-order valence-electron chi connectivity index (χ3n) is 6.14. The lowest BCUT2D eigenvalue weighted by atomic mass is 9.80. The molecule has 1 spiro atoms. The zero-order valence-electron chi connectivity index (χ0n) is 16.4. The molecule has 2 N–H and O–H groups in total. The summed E-state index contributed by atoms with van der Waals surface area (Å²) in [5, 5.41) is 14.2. The molecule has 1 aliphatic heterocycles. The number of aliphatic hydroxyl groups is 1. The predicted molar refractivity (Wildman–Crippen MR) is 110 cm³/mol. The number of amides is 1. The van der Waals surface area contributed by atoms with E-state index < -0.39 is 5.54 Å². The van der Waals surface area contributed by atoms with Crippen LogP contribution in [0.3, 0.4) is 0 Å². The minimum absolute atomic E-state index is 0.135. The molecule has 2 aromatic rings. The van der Waals surface area contributed by atoms with Crippen LogP contribution in [-0.2, 0) is 4.79 Å². The lowest BCUT2D eigenvalue weighted by molar-refractivity contribution is -0.116. The maximum absolute atomic E-state index is 12.8. The van der Waals surface area contributed by atoms with Gasteiger partial charge in [0.25, 0.3) is 5.91 Å². The van der Waals surface area contributed by atoms with E-state index in [1.165, 1.54) is 12.0 Å². The maximum Gasteiger partial charge on any atom is 0.256 e. The number of carbonyl (C=O) groups excluding carboxylic acids is 1. The van der Waals surface area contributed by atoms with Crippen molar-refractivity contribution in [2.75, 3.05) is 0 Å². The van der Waals surface area contributed by atoms with Crippen LogP contribution in [0.25, 0.3) is 16.7 Å². The Bertz CT molecular complexity index is 908. The first-order valence-corrected chi connectivity index (χ1v) is 9.86. The third-order valence-corrected chi connectivity index (χ3v) is 6.14. The first-order chi connectivity index (χ1) is 12.9. The highest BCUT2D eigenvalue weighted by atomic mass is 16.3. The number of hydrogen-bond acceptors (Lipinski definition) is 2. The maximum atomic E-state index is 12.8. The molecule has 1 amide bonds. The monoisotopic (exact) mass is 361 g/mol. The Morgan fingerprint density at radius 1 is 0.889 bits per heavy atom. The molecule has 1 heterocycles. The zero-order valence-corrected chi connectivity index (χ0v) is 16.4. The first-order valence-electron chi connectivity index (χ1n) is 9.86. The fourth-order valence-electron chi connectivity index (χ4n) is 4.71. The number of carbonyl (C=O) groups is 1. The second-order valence-corrected chi connectivity index (χ2v) is 8.17. The van der Waals surface area contributed by atoms with Gasteiger partial charge in [0, 0.05) is 0 Å². The fourth-order valence-corrected chi connectivity index (χ4v) is 4.71. The Morgan fingerprint density at radius 3 is 2.07 bits per heavy atom. The summed E-state index contributed by atoms with van der Waals surface area (Å²) < 4.78 is 0. The van der Waals surface area contributed by atoms with E-state index in [0.29, 0.717) is 5.57 Å². The Labute approximate surface area is 161 Å². The van der Waals surface area contributed by atoms with Crippen LogP contribution in [0.4, 0.5) is 0 Å². The second kappa shape index (κ2) is 6.56. The molecule has 4 rings (SSSR count). The highest BCUT2D eigenvalue weighted by Gasteiger charge is 2.46. The summed E-state index contributed by atoms with van der Waals surface area (Å²) in [7, 11) is 0. The molecule has 0 aromatic heterocycles. The molecule has 1 fully saturated rings.